The number of halogens is 2. The van der Waals surface area contributed by atoms with Crippen LogP contribution in [0.15, 0.2) is 18.3 Å². The predicted octanol–water partition coefficient (Wildman–Crippen LogP) is 2.93. The molecule has 2 aromatic rings. The van der Waals surface area contributed by atoms with E-state index in [0.717, 1.165) is 38.8 Å². The van der Waals surface area contributed by atoms with Gasteiger partial charge in [-0.15, -0.1) is 0 Å². The van der Waals surface area contributed by atoms with Crippen LogP contribution in [-0.4, -0.2) is 86.4 Å². The van der Waals surface area contributed by atoms with E-state index in [1.54, 1.807) is 0 Å². The third-order valence-electron chi connectivity index (χ3n) is 7.58. The maximum Gasteiger partial charge on any atom is 0.407 e. The van der Waals surface area contributed by atoms with Gasteiger partial charge in [0.2, 0.25) is 0 Å². The molecule has 0 saturated carbocycles. The van der Waals surface area contributed by atoms with Crippen LogP contribution in [0.3, 0.4) is 0 Å². The third-order valence-corrected chi connectivity index (χ3v) is 7.85. The van der Waals surface area contributed by atoms with Crippen LogP contribution in [0.1, 0.15) is 25.7 Å². The summed E-state index contributed by atoms with van der Waals surface area (Å²) in [6.07, 6.45) is 4.04. The second-order valence-corrected chi connectivity index (χ2v) is 9.90. The van der Waals surface area contributed by atoms with Crippen LogP contribution in [-0.2, 0) is 0 Å². The van der Waals surface area contributed by atoms with E-state index in [1.807, 2.05) is 4.90 Å². The molecular weight excluding hydrogens is 451 g/mol. The molecule has 4 aliphatic heterocycles. The Hall–Kier alpha value is -2.72. The molecule has 6 heterocycles. The first-order chi connectivity index (χ1) is 15.8. The van der Waals surface area contributed by atoms with Crippen LogP contribution >= 0.6 is 11.6 Å². The van der Waals surface area contributed by atoms with Crippen LogP contribution in [0.25, 0.3) is 10.9 Å². The first-order valence-electron chi connectivity index (χ1n) is 11.2. The number of anilines is 1. The normalized spacial score (nSPS) is 28.8. The quantitative estimate of drug-likeness (QED) is 0.534. The molecule has 0 aliphatic carbocycles. The molecule has 1 amide bonds. The molecule has 0 aromatic carbocycles. The van der Waals surface area contributed by atoms with Crippen molar-refractivity contribution in [2.75, 3.05) is 37.7 Å². The van der Waals surface area contributed by atoms with Gasteiger partial charge in [-0.05, 0) is 25.7 Å². The fraction of sp³-hybridized carbons (Fsp3) is 0.545. The lowest BCUT2D eigenvalue weighted by molar-refractivity contribution is -0.0132. The zero-order valence-corrected chi connectivity index (χ0v) is 18.8. The van der Waals surface area contributed by atoms with Crippen molar-refractivity contribution in [2.45, 2.75) is 43.3 Å². The highest BCUT2D eigenvalue weighted by Crippen LogP contribution is 2.43. The molecule has 3 atom stereocenters. The molecule has 174 valence electrons. The Kier molecular flexibility index (Phi) is 4.67. The van der Waals surface area contributed by atoms with Gasteiger partial charge in [0.05, 0.1) is 23.0 Å². The van der Waals surface area contributed by atoms with E-state index in [0.29, 0.717) is 30.9 Å². The number of aromatic nitrogens is 3. The molecular formula is C22H24ClFN6O3. The Labute approximate surface area is 194 Å². The van der Waals surface area contributed by atoms with E-state index < -0.39 is 11.9 Å². The second-order valence-electron chi connectivity index (χ2n) is 9.55. The lowest BCUT2D eigenvalue weighted by atomic mass is 9.85. The standard InChI is InChI=1S/C22H24ClFN6O3/c1-12-6-22(4-5-29(22)8-12)11-33-20-26-17-15(7-25-18(23)16(17)24)19(27-20)28-9-13-2-3-14(10-28)30(13)21(31)32/h7,13-14H,1-6,8-11H2,(H,31,32)/t13-,14+,22?. The summed E-state index contributed by atoms with van der Waals surface area (Å²) in [4.78, 5) is 30.5. The van der Waals surface area contributed by atoms with Gasteiger partial charge in [0.15, 0.2) is 11.0 Å². The zero-order chi connectivity index (χ0) is 22.9. The fourth-order valence-electron chi connectivity index (χ4n) is 5.93. The molecule has 1 unspecified atom stereocenters. The Morgan fingerprint density at radius 1 is 1.33 bits per heavy atom. The summed E-state index contributed by atoms with van der Waals surface area (Å²) in [5.74, 6) is -0.216. The van der Waals surface area contributed by atoms with Crippen molar-refractivity contribution in [3.05, 3.63) is 29.3 Å². The van der Waals surface area contributed by atoms with Crippen LogP contribution in [0.5, 0.6) is 6.01 Å². The summed E-state index contributed by atoms with van der Waals surface area (Å²) in [7, 11) is 0. The number of carboxylic acid groups (broad SMARTS) is 1. The van der Waals surface area contributed by atoms with Crippen molar-refractivity contribution >= 4 is 34.4 Å². The molecule has 11 heteroatoms. The molecule has 4 fully saturated rings. The predicted molar refractivity (Wildman–Crippen MR) is 119 cm³/mol. The Balaban J connectivity index is 1.35. The summed E-state index contributed by atoms with van der Waals surface area (Å²) < 4.78 is 21.0. The molecule has 1 N–H and O–H groups in total. The number of carbonyl (C=O) groups is 1. The lowest BCUT2D eigenvalue weighted by Gasteiger charge is -2.47. The monoisotopic (exact) mass is 474 g/mol. The molecule has 2 aromatic heterocycles. The van der Waals surface area contributed by atoms with Gasteiger partial charge in [-0.25, -0.2) is 14.2 Å². The van der Waals surface area contributed by atoms with Gasteiger partial charge in [-0.3, -0.25) is 9.80 Å². The van der Waals surface area contributed by atoms with E-state index in [-0.39, 0.29) is 34.3 Å². The molecule has 9 nitrogen and oxygen atoms in total. The van der Waals surface area contributed by atoms with Crippen molar-refractivity contribution < 1.29 is 19.0 Å². The Morgan fingerprint density at radius 3 is 2.73 bits per heavy atom. The SMILES string of the molecule is C=C1CN2CCC2(COc2nc(N3C[C@H]4CC[C@@H](C3)N4C(=O)O)c3cnc(Cl)c(F)c3n2)C1. The van der Waals surface area contributed by atoms with Crippen LogP contribution < -0.4 is 9.64 Å². The number of amides is 1. The van der Waals surface area contributed by atoms with Crippen molar-refractivity contribution in [2.24, 2.45) is 0 Å². The van der Waals surface area contributed by atoms with Gasteiger partial charge >= 0.3 is 12.1 Å². The van der Waals surface area contributed by atoms with E-state index >= 15 is 0 Å². The van der Waals surface area contributed by atoms with E-state index in [4.69, 9.17) is 16.3 Å². The van der Waals surface area contributed by atoms with E-state index in [1.165, 1.54) is 16.7 Å². The average molecular weight is 475 g/mol. The van der Waals surface area contributed by atoms with Gasteiger partial charge < -0.3 is 14.7 Å². The summed E-state index contributed by atoms with van der Waals surface area (Å²) in [5, 5.41) is 9.76. The van der Waals surface area contributed by atoms with Gasteiger partial charge in [-0.1, -0.05) is 23.8 Å². The number of fused-ring (bicyclic) bond motifs is 4. The molecule has 0 spiro atoms. The summed E-state index contributed by atoms with van der Waals surface area (Å²) in [6, 6.07) is -0.175. The number of pyridine rings is 1. The van der Waals surface area contributed by atoms with Crippen molar-refractivity contribution in [1.82, 2.24) is 24.8 Å². The van der Waals surface area contributed by atoms with Gasteiger partial charge in [0.25, 0.3) is 0 Å². The average Bonchev–Trinajstić information content (AvgIpc) is 3.18. The minimum Gasteiger partial charge on any atom is -0.465 e. The molecule has 2 bridgehead atoms. The van der Waals surface area contributed by atoms with Crippen molar-refractivity contribution in [3.63, 3.8) is 0 Å². The molecule has 4 aliphatic rings. The first-order valence-corrected chi connectivity index (χ1v) is 11.5. The minimum absolute atomic E-state index is 0.0572. The molecule has 4 saturated heterocycles. The van der Waals surface area contributed by atoms with Crippen LogP contribution in [0.2, 0.25) is 5.15 Å². The number of rotatable bonds is 4. The first kappa shape index (κ1) is 20.9. The topological polar surface area (TPSA) is 94.9 Å². The van der Waals surface area contributed by atoms with Gasteiger partial charge in [-0.2, -0.15) is 9.97 Å². The largest absolute Gasteiger partial charge is 0.465 e. The van der Waals surface area contributed by atoms with E-state index in [2.05, 4.69) is 26.4 Å². The highest BCUT2D eigenvalue weighted by atomic mass is 35.5. The summed E-state index contributed by atoms with van der Waals surface area (Å²) in [5.41, 5.74) is 1.16. The number of piperazine rings is 1. The van der Waals surface area contributed by atoms with Crippen molar-refractivity contribution in [1.29, 1.82) is 0 Å². The minimum atomic E-state index is -0.902. The number of hydrogen-bond acceptors (Lipinski definition) is 7. The number of ether oxygens (including phenoxy) is 1. The van der Waals surface area contributed by atoms with Crippen molar-refractivity contribution in [3.8, 4) is 6.01 Å². The number of nitrogens with zero attached hydrogens (tertiary/aromatic N) is 6. The highest BCUT2D eigenvalue weighted by Gasteiger charge is 2.50. The smallest absolute Gasteiger partial charge is 0.407 e. The van der Waals surface area contributed by atoms with Crippen LogP contribution in [0.4, 0.5) is 15.0 Å². The van der Waals surface area contributed by atoms with E-state index in [9.17, 15) is 14.3 Å². The Bertz CT molecular complexity index is 1170. The summed E-state index contributed by atoms with van der Waals surface area (Å²) >= 11 is 5.95. The van der Waals surface area contributed by atoms with Crippen LogP contribution in [0, 0.1) is 5.82 Å². The maximum atomic E-state index is 14.9. The summed E-state index contributed by atoms with van der Waals surface area (Å²) in [6.45, 7) is 7.34. The Morgan fingerprint density at radius 2 is 2.09 bits per heavy atom. The molecule has 33 heavy (non-hydrogen) atoms. The number of hydrogen-bond donors (Lipinski definition) is 1. The molecule has 0 radical (unpaired) electrons. The van der Waals surface area contributed by atoms with Gasteiger partial charge in [0, 0.05) is 32.4 Å². The maximum absolute atomic E-state index is 14.9. The van der Waals surface area contributed by atoms with Gasteiger partial charge in [0.1, 0.15) is 17.9 Å². The highest BCUT2D eigenvalue weighted by molar-refractivity contribution is 6.30. The lowest BCUT2D eigenvalue weighted by Crippen LogP contribution is -2.59. The third kappa shape index (κ3) is 3.22. The fourth-order valence-corrected chi connectivity index (χ4v) is 6.07. The molecule has 6 rings (SSSR count). The zero-order valence-electron chi connectivity index (χ0n) is 18.0. The second kappa shape index (κ2) is 7.39.